The van der Waals surface area contributed by atoms with Crippen LogP contribution in [0.25, 0.3) is 0 Å². The molecule has 3 heterocycles. The molecule has 3 rings (SSSR count). The summed E-state index contributed by atoms with van der Waals surface area (Å²) in [5.74, 6) is -0.358. The molecule has 20 heteroatoms. The van der Waals surface area contributed by atoms with Gasteiger partial charge in [-0.2, -0.15) is 16.8 Å². The highest BCUT2D eigenvalue weighted by atomic mass is 32.3. The van der Waals surface area contributed by atoms with Crippen LogP contribution < -0.4 is 0 Å². The second-order valence-corrected chi connectivity index (χ2v) is 12.5. The maximum atomic E-state index is 10.8. The molecule has 16 nitrogen and oxygen atoms in total. The van der Waals surface area contributed by atoms with Gasteiger partial charge in [0.05, 0.1) is 24.6 Å². The van der Waals surface area contributed by atoms with E-state index in [4.69, 9.17) is 44.2 Å². The lowest BCUT2D eigenvalue weighted by atomic mass is 10.1. The van der Waals surface area contributed by atoms with Crippen LogP contribution >= 0.6 is 0 Å². The van der Waals surface area contributed by atoms with E-state index in [0.717, 1.165) is 61.3 Å². The van der Waals surface area contributed by atoms with E-state index in [-0.39, 0.29) is 11.5 Å². The van der Waals surface area contributed by atoms with Crippen LogP contribution in [0.15, 0.2) is 0 Å². The lowest BCUT2D eigenvalue weighted by Gasteiger charge is -2.55. The van der Waals surface area contributed by atoms with Gasteiger partial charge in [0, 0.05) is 12.8 Å². The fourth-order valence-corrected chi connectivity index (χ4v) is 4.77. The number of nitrogens with zero attached hydrogens (tertiary/aromatic N) is 2. The minimum absolute atomic E-state index is 0.179. The lowest BCUT2D eigenvalue weighted by Crippen LogP contribution is -2.75. The van der Waals surface area contributed by atoms with Crippen molar-refractivity contribution in [3.63, 3.8) is 0 Å². The molecule has 0 aromatic rings. The minimum atomic E-state index is -4.92. The molecule has 2 bridgehead atoms. The first-order valence-electron chi connectivity index (χ1n) is 9.00. The lowest BCUT2D eigenvalue weighted by molar-refractivity contribution is -1.08. The van der Waals surface area contributed by atoms with Crippen molar-refractivity contribution in [3.05, 3.63) is 0 Å². The first kappa shape index (κ1) is 31.5. The molecule has 0 aromatic carbocycles. The van der Waals surface area contributed by atoms with Crippen LogP contribution in [0.4, 0.5) is 0 Å². The highest BCUT2D eigenvalue weighted by molar-refractivity contribution is 7.86. The Kier molecular flexibility index (Phi) is 11.6. The number of quaternary nitrogens is 2. The molecule has 32 heavy (non-hydrogen) atoms. The number of piperazine rings is 3. The predicted molar refractivity (Wildman–Crippen MR) is 106 cm³/mol. The summed E-state index contributed by atoms with van der Waals surface area (Å²) in [4.78, 5) is 0. The maximum Gasteiger partial charge on any atom is 0.265 e. The fourth-order valence-electron chi connectivity index (χ4n) is 3.78. The molecule has 0 aliphatic carbocycles. The third kappa shape index (κ3) is 18.0. The van der Waals surface area contributed by atoms with Gasteiger partial charge in [0.1, 0.15) is 39.3 Å². The molecular formula is C12H28N2O14S4. The fraction of sp³-hybridized carbons (Fsp3) is 1.00. The highest BCUT2D eigenvalue weighted by Gasteiger charge is 2.48. The summed E-state index contributed by atoms with van der Waals surface area (Å²) in [6.07, 6.45) is 0.948. The smallest absolute Gasteiger partial charge is 0.265 e. The van der Waals surface area contributed by atoms with Crippen molar-refractivity contribution in [2.75, 3.05) is 63.9 Å². The van der Waals surface area contributed by atoms with E-state index in [1.54, 1.807) is 0 Å². The van der Waals surface area contributed by atoms with E-state index < -0.39 is 41.0 Å². The highest BCUT2D eigenvalue weighted by Crippen LogP contribution is 2.27. The van der Waals surface area contributed by atoms with Gasteiger partial charge >= 0.3 is 0 Å². The van der Waals surface area contributed by atoms with Crippen molar-refractivity contribution in [3.8, 4) is 0 Å². The maximum absolute atomic E-state index is 10.8. The first-order chi connectivity index (χ1) is 14.0. The summed E-state index contributed by atoms with van der Waals surface area (Å²) in [6, 6.07) is 0. The van der Waals surface area contributed by atoms with E-state index in [0.29, 0.717) is 12.8 Å². The van der Waals surface area contributed by atoms with E-state index in [2.05, 4.69) is 0 Å². The summed E-state index contributed by atoms with van der Waals surface area (Å²) in [5.41, 5.74) is 0. The van der Waals surface area contributed by atoms with Gasteiger partial charge in [0.25, 0.3) is 20.2 Å². The molecule has 3 aliphatic heterocycles. The van der Waals surface area contributed by atoms with Crippen molar-refractivity contribution >= 4 is 41.0 Å². The number of fused-ring (bicyclic) bond motifs is 3. The van der Waals surface area contributed by atoms with Gasteiger partial charge in [-0.05, 0) is 0 Å². The monoisotopic (exact) mass is 552 g/mol. The Morgan fingerprint density at radius 3 is 0.875 bits per heavy atom. The van der Waals surface area contributed by atoms with Gasteiger partial charge in [0.15, 0.2) is 0 Å². The number of hydrogen-bond donors (Lipinski definition) is 4. The van der Waals surface area contributed by atoms with Gasteiger partial charge in [-0.25, -0.2) is 16.8 Å². The average Bonchev–Trinajstić information content (AvgIpc) is 2.51. The van der Waals surface area contributed by atoms with Crippen molar-refractivity contribution in [1.29, 1.82) is 0 Å². The summed E-state index contributed by atoms with van der Waals surface area (Å²) in [6.45, 7) is 7.35. The zero-order valence-electron chi connectivity index (χ0n) is 16.9. The number of rotatable bonds is 8. The van der Waals surface area contributed by atoms with Crippen LogP contribution in [0.3, 0.4) is 0 Å². The van der Waals surface area contributed by atoms with Crippen LogP contribution in [0.5, 0.6) is 0 Å². The number of hydrogen-bond acceptors (Lipinski definition) is 10. The van der Waals surface area contributed by atoms with E-state index in [1.807, 2.05) is 0 Å². The Bertz CT molecular complexity index is 895. The SMILES string of the molecule is O=S(=O)(O)CCC[N+]12CC[N+](CCCS(=O)(=O)O)(CC1)CC2.O=S(=O)([O-])O.O=S(=O)([O-])O. The predicted octanol–water partition coefficient (Wildman–Crippen LogP) is -2.79. The van der Waals surface area contributed by atoms with Crippen LogP contribution in [-0.2, 0) is 41.0 Å². The first-order valence-corrected chi connectivity index (χ1v) is 15.0. The standard InChI is InChI=1S/C12H24N2O6S2.2H2O4S/c15-21(16,17)11-1-3-13-5-8-14(9-6-13,10-7-13)4-2-12-22(18,19)20;2*1-5(2,3)4/h1-12H2;2*(H2,1,2,3,4). The molecule has 4 N–H and O–H groups in total. The van der Waals surface area contributed by atoms with Crippen molar-refractivity contribution in [2.45, 2.75) is 12.8 Å². The Morgan fingerprint density at radius 2 is 0.719 bits per heavy atom. The minimum Gasteiger partial charge on any atom is -0.726 e. The third-order valence-corrected chi connectivity index (χ3v) is 6.82. The van der Waals surface area contributed by atoms with Gasteiger partial charge in [0.2, 0.25) is 20.8 Å². The van der Waals surface area contributed by atoms with Crippen molar-refractivity contribution in [1.82, 2.24) is 0 Å². The molecule has 0 saturated carbocycles. The van der Waals surface area contributed by atoms with E-state index in [1.165, 1.54) is 0 Å². The summed E-state index contributed by atoms with van der Waals surface area (Å²) < 4.78 is 128. The van der Waals surface area contributed by atoms with Gasteiger partial charge in [-0.1, -0.05) is 0 Å². The zero-order valence-corrected chi connectivity index (χ0v) is 20.2. The van der Waals surface area contributed by atoms with Crippen LogP contribution in [0, 0.1) is 0 Å². The summed E-state index contributed by atoms with van der Waals surface area (Å²) >= 11 is 0. The average molecular weight is 553 g/mol. The van der Waals surface area contributed by atoms with E-state index >= 15 is 0 Å². The van der Waals surface area contributed by atoms with Crippen molar-refractivity contribution < 1.29 is 70.0 Å². The quantitative estimate of drug-likeness (QED) is 0.135. The Labute approximate surface area is 187 Å². The molecule has 194 valence electrons. The molecule has 0 spiro atoms. The zero-order chi connectivity index (χ0) is 25.5. The van der Waals surface area contributed by atoms with Gasteiger partial charge < -0.3 is 18.1 Å². The Balaban J connectivity index is 0.000000805. The largest absolute Gasteiger partial charge is 0.726 e. The molecule has 0 amide bonds. The summed E-state index contributed by atoms with van der Waals surface area (Å²) in [7, 11) is -17.6. The molecule has 0 atom stereocenters. The van der Waals surface area contributed by atoms with Gasteiger partial charge in [-0.15, -0.1) is 0 Å². The van der Waals surface area contributed by atoms with Crippen LogP contribution in [0.1, 0.15) is 12.8 Å². The molecule has 3 saturated heterocycles. The molecule has 3 aliphatic rings. The molecule has 0 radical (unpaired) electrons. The second kappa shape index (κ2) is 11.8. The summed E-state index contributed by atoms with van der Waals surface area (Å²) in [5, 5.41) is 0. The Hall–Kier alpha value is -0.520. The topological polar surface area (TPSA) is 264 Å². The molecule has 0 unspecified atom stereocenters. The van der Waals surface area contributed by atoms with E-state index in [9.17, 15) is 16.8 Å². The molecule has 3 fully saturated rings. The van der Waals surface area contributed by atoms with Crippen LogP contribution in [0.2, 0.25) is 0 Å². The third-order valence-electron chi connectivity index (χ3n) is 5.22. The normalized spacial score (nSPS) is 25.8. The van der Waals surface area contributed by atoms with Gasteiger partial charge in [-0.3, -0.25) is 18.2 Å². The molecule has 0 aromatic heterocycles. The molecular weight excluding hydrogens is 524 g/mol. The Morgan fingerprint density at radius 1 is 0.531 bits per heavy atom. The second-order valence-electron chi connectivity index (χ2n) is 7.61. The van der Waals surface area contributed by atoms with Crippen molar-refractivity contribution in [2.24, 2.45) is 0 Å². The van der Waals surface area contributed by atoms with Crippen LogP contribution in [-0.4, -0.2) is 134 Å².